The van der Waals surface area contributed by atoms with Gasteiger partial charge in [-0.3, -0.25) is 0 Å². The molecule has 0 saturated heterocycles. The smallest absolute Gasteiger partial charge is 0.228 e. The van der Waals surface area contributed by atoms with E-state index in [9.17, 15) is 0 Å². The molecule has 0 bridgehead atoms. The number of aromatic nitrogens is 3. The third kappa shape index (κ3) is 4.18. The van der Waals surface area contributed by atoms with E-state index in [-0.39, 0.29) is 10.6 Å². The average Bonchev–Trinajstić information content (AvgIpc) is 2.08. The van der Waals surface area contributed by atoms with Crippen LogP contribution in [0.3, 0.4) is 0 Å². The second-order valence-electron chi connectivity index (χ2n) is 6.95. The standard InChI is InChI=1S/C13H20Cl2N4/c1-12(2)5-8(6-13(3,4)7-12)16-11-18-9(14)17-10(15)19-11/h8H,5-7H2,1-4H3,(H,16,17,18,19). The van der Waals surface area contributed by atoms with E-state index in [1.165, 1.54) is 6.42 Å². The van der Waals surface area contributed by atoms with E-state index in [2.05, 4.69) is 48.0 Å². The second-order valence-corrected chi connectivity index (χ2v) is 7.63. The zero-order valence-corrected chi connectivity index (χ0v) is 13.3. The summed E-state index contributed by atoms with van der Waals surface area (Å²) in [6.45, 7) is 9.21. The summed E-state index contributed by atoms with van der Waals surface area (Å²) in [5.74, 6) is 0.462. The fraction of sp³-hybridized carbons (Fsp3) is 0.769. The number of hydrogen-bond donors (Lipinski definition) is 1. The first-order valence-corrected chi connectivity index (χ1v) is 7.24. The molecular formula is C13H20Cl2N4. The van der Waals surface area contributed by atoms with Gasteiger partial charge in [-0.05, 0) is 53.3 Å². The minimum absolute atomic E-state index is 0.122. The summed E-state index contributed by atoms with van der Waals surface area (Å²) < 4.78 is 0. The molecule has 1 heterocycles. The highest BCUT2D eigenvalue weighted by atomic mass is 35.5. The van der Waals surface area contributed by atoms with Crippen molar-refractivity contribution in [2.24, 2.45) is 10.8 Å². The number of nitrogens with one attached hydrogen (secondary N) is 1. The summed E-state index contributed by atoms with van der Waals surface area (Å²) in [4.78, 5) is 11.9. The molecule has 2 rings (SSSR count). The molecule has 0 atom stereocenters. The van der Waals surface area contributed by atoms with Crippen molar-refractivity contribution in [2.45, 2.75) is 53.0 Å². The Balaban J connectivity index is 2.14. The van der Waals surface area contributed by atoms with E-state index < -0.39 is 0 Å². The first kappa shape index (κ1) is 14.8. The zero-order valence-electron chi connectivity index (χ0n) is 11.8. The monoisotopic (exact) mass is 302 g/mol. The van der Waals surface area contributed by atoms with Crippen molar-refractivity contribution in [2.75, 3.05) is 5.32 Å². The predicted molar refractivity (Wildman–Crippen MR) is 78.7 cm³/mol. The summed E-state index contributed by atoms with van der Waals surface area (Å²) in [7, 11) is 0. The molecule has 0 unspecified atom stereocenters. The van der Waals surface area contributed by atoms with Gasteiger partial charge in [-0.2, -0.15) is 15.0 Å². The van der Waals surface area contributed by atoms with Gasteiger partial charge in [-0.25, -0.2) is 0 Å². The Labute approximate surface area is 124 Å². The van der Waals surface area contributed by atoms with Gasteiger partial charge in [-0.1, -0.05) is 27.7 Å². The molecule has 0 aromatic carbocycles. The van der Waals surface area contributed by atoms with E-state index in [0.717, 1.165) is 12.8 Å². The molecule has 4 nitrogen and oxygen atoms in total. The van der Waals surface area contributed by atoms with Crippen molar-refractivity contribution in [3.8, 4) is 0 Å². The molecule has 1 aliphatic rings. The van der Waals surface area contributed by atoms with Gasteiger partial charge in [0.25, 0.3) is 0 Å². The highest BCUT2D eigenvalue weighted by Gasteiger charge is 2.38. The molecule has 1 aromatic heterocycles. The Kier molecular flexibility index (Phi) is 3.94. The van der Waals surface area contributed by atoms with Gasteiger partial charge in [0.05, 0.1) is 0 Å². The zero-order chi connectivity index (χ0) is 14.3. The molecule has 6 heteroatoms. The Bertz CT molecular complexity index is 437. The van der Waals surface area contributed by atoms with E-state index in [1.807, 2.05) is 0 Å². The summed E-state index contributed by atoms with van der Waals surface area (Å²) >= 11 is 11.6. The maximum Gasteiger partial charge on any atom is 0.228 e. The van der Waals surface area contributed by atoms with Gasteiger partial charge in [0.15, 0.2) is 0 Å². The van der Waals surface area contributed by atoms with E-state index in [1.54, 1.807) is 0 Å². The Morgan fingerprint density at radius 1 is 0.947 bits per heavy atom. The quantitative estimate of drug-likeness (QED) is 0.889. The minimum Gasteiger partial charge on any atom is -0.351 e. The molecule has 1 fully saturated rings. The number of anilines is 1. The van der Waals surface area contributed by atoms with E-state index in [0.29, 0.717) is 22.8 Å². The highest BCUT2D eigenvalue weighted by Crippen LogP contribution is 2.46. The molecule has 1 N–H and O–H groups in total. The molecule has 1 aromatic rings. The average molecular weight is 303 g/mol. The lowest BCUT2D eigenvalue weighted by atomic mass is 9.63. The number of halogens is 2. The Morgan fingerprint density at radius 3 is 1.89 bits per heavy atom. The predicted octanol–water partition coefficient (Wildman–Crippen LogP) is 4.20. The number of hydrogen-bond acceptors (Lipinski definition) is 4. The normalized spacial score (nSPS) is 22.2. The van der Waals surface area contributed by atoms with Crippen LogP contribution in [0.5, 0.6) is 0 Å². The number of nitrogens with zero attached hydrogens (tertiary/aromatic N) is 3. The summed E-state index contributed by atoms with van der Waals surface area (Å²) in [5.41, 5.74) is 0.611. The number of rotatable bonds is 2. The molecular weight excluding hydrogens is 283 g/mol. The maximum atomic E-state index is 5.79. The van der Waals surface area contributed by atoms with Gasteiger partial charge in [0.1, 0.15) is 0 Å². The van der Waals surface area contributed by atoms with E-state index >= 15 is 0 Å². The topological polar surface area (TPSA) is 50.7 Å². The van der Waals surface area contributed by atoms with Crippen LogP contribution in [0.15, 0.2) is 0 Å². The third-order valence-corrected chi connectivity index (χ3v) is 3.81. The van der Waals surface area contributed by atoms with Gasteiger partial charge in [-0.15, -0.1) is 0 Å². The molecule has 0 amide bonds. The van der Waals surface area contributed by atoms with Crippen LogP contribution in [0.1, 0.15) is 47.0 Å². The minimum atomic E-state index is 0.122. The molecule has 1 aliphatic carbocycles. The van der Waals surface area contributed by atoms with Gasteiger partial charge >= 0.3 is 0 Å². The highest BCUT2D eigenvalue weighted by molar-refractivity contribution is 6.31. The van der Waals surface area contributed by atoms with Crippen molar-refractivity contribution < 1.29 is 0 Å². The van der Waals surface area contributed by atoms with Crippen LogP contribution in [-0.4, -0.2) is 21.0 Å². The van der Waals surface area contributed by atoms with Crippen LogP contribution >= 0.6 is 23.2 Å². The van der Waals surface area contributed by atoms with Crippen molar-refractivity contribution in [1.29, 1.82) is 0 Å². The van der Waals surface area contributed by atoms with Crippen molar-refractivity contribution in [3.05, 3.63) is 10.6 Å². The molecule has 0 aliphatic heterocycles. The van der Waals surface area contributed by atoms with Crippen LogP contribution in [0.25, 0.3) is 0 Å². The van der Waals surface area contributed by atoms with Crippen LogP contribution in [-0.2, 0) is 0 Å². The van der Waals surface area contributed by atoms with Crippen molar-refractivity contribution in [3.63, 3.8) is 0 Å². The third-order valence-electron chi connectivity index (χ3n) is 3.47. The molecule has 0 spiro atoms. The lowest BCUT2D eigenvalue weighted by Crippen LogP contribution is -2.40. The van der Waals surface area contributed by atoms with Crippen LogP contribution < -0.4 is 5.32 Å². The van der Waals surface area contributed by atoms with Gasteiger partial charge in [0.2, 0.25) is 16.5 Å². The largest absolute Gasteiger partial charge is 0.351 e. The van der Waals surface area contributed by atoms with Gasteiger partial charge < -0.3 is 5.32 Å². The fourth-order valence-electron chi connectivity index (χ4n) is 3.52. The molecule has 106 valence electrons. The summed E-state index contributed by atoms with van der Waals surface area (Å²) in [6, 6.07) is 0.327. The fourth-order valence-corrected chi connectivity index (χ4v) is 3.88. The van der Waals surface area contributed by atoms with Crippen LogP contribution in [0.4, 0.5) is 5.95 Å². The Morgan fingerprint density at radius 2 is 1.42 bits per heavy atom. The summed E-state index contributed by atoms with van der Waals surface area (Å²) in [6.07, 6.45) is 3.38. The first-order chi connectivity index (χ1) is 8.65. The first-order valence-electron chi connectivity index (χ1n) is 6.49. The van der Waals surface area contributed by atoms with Crippen LogP contribution in [0.2, 0.25) is 10.6 Å². The molecule has 1 saturated carbocycles. The lowest BCUT2D eigenvalue weighted by Gasteiger charge is -2.45. The van der Waals surface area contributed by atoms with Gasteiger partial charge in [0, 0.05) is 6.04 Å². The molecule has 0 radical (unpaired) electrons. The SMILES string of the molecule is CC1(C)CC(Nc2nc(Cl)nc(Cl)n2)CC(C)(C)C1. The van der Waals surface area contributed by atoms with Crippen LogP contribution in [0, 0.1) is 10.8 Å². The van der Waals surface area contributed by atoms with Crippen molar-refractivity contribution >= 4 is 29.2 Å². The summed E-state index contributed by atoms with van der Waals surface area (Å²) in [5, 5.41) is 3.59. The lowest BCUT2D eigenvalue weighted by molar-refractivity contribution is 0.105. The van der Waals surface area contributed by atoms with E-state index in [4.69, 9.17) is 23.2 Å². The Hall–Kier alpha value is -0.610. The molecule has 19 heavy (non-hydrogen) atoms. The maximum absolute atomic E-state index is 5.79. The second kappa shape index (κ2) is 5.06. The van der Waals surface area contributed by atoms with Crippen molar-refractivity contribution in [1.82, 2.24) is 15.0 Å².